The lowest BCUT2D eigenvalue weighted by atomic mass is 10.0. The van der Waals surface area contributed by atoms with Gasteiger partial charge in [0.25, 0.3) is 5.91 Å². The van der Waals surface area contributed by atoms with Gasteiger partial charge >= 0.3 is 0 Å². The predicted molar refractivity (Wildman–Crippen MR) is 89.2 cm³/mol. The van der Waals surface area contributed by atoms with Crippen molar-refractivity contribution in [1.82, 2.24) is 4.90 Å². The number of carbonyl (C=O) groups is 1. The van der Waals surface area contributed by atoms with Gasteiger partial charge in [0, 0.05) is 19.6 Å². The standard InChI is InChI=1S/C15H22ClFN2O2.ClH/c1-10(2)13(18)6-7-19(3)15(20)9-21-14-5-4-11(17)8-12(14)16;/h4-5,8,10,13H,6-7,9,18H2,1-3H3;1H. The van der Waals surface area contributed by atoms with Crippen molar-refractivity contribution < 1.29 is 13.9 Å². The van der Waals surface area contributed by atoms with Crippen LogP contribution in [-0.2, 0) is 4.79 Å². The molecule has 0 spiro atoms. The van der Waals surface area contributed by atoms with Crippen molar-refractivity contribution in [3.8, 4) is 5.75 Å². The molecule has 22 heavy (non-hydrogen) atoms. The number of likely N-dealkylation sites (N-methyl/N-ethyl adjacent to an activating group) is 1. The third-order valence-electron chi connectivity index (χ3n) is 3.32. The summed E-state index contributed by atoms with van der Waals surface area (Å²) in [6.45, 7) is 4.52. The van der Waals surface area contributed by atoms with Crippen LogP contribution in [0.2, 0.25) is 5.02 Å². The zero-order valence-electron chi connectivity index (χ0n) is 13.0. The van der Waals surface area contributed by atoms with Crippen LogP contribution < -0.4 is 10.5 Å². The summed E-state index contributed by atoms with van der Waals surface area (Å²) in [4.78, 5) is 13.5. The van der Waals surface area contributed by atoms with E-state index in [2.05, 4.69) is 0 Å². The molecule has 0 aromatic heterocycles. The molecule has 0 fully saturated rings. The first-order valence-corrected chi connectivity index (χ1v) is 7.26. The van der Waals surface area contributed by atoms with E-state index >= 15 is 0 Å². The number of hydrogen-bond donors (Lipinski definition) is 1. The summed E-state index contributed by atoms with van der Waals surface area (Å²) in [5, 5.41) is 0.146. The molecule has 1 rings (SSSR count). The van der Waals surface area contributed by atoms with E-state index in [1.807, 2.05) is 13.8 Å². The van der Waals surface area contributed by atoms with E-state index in [4.69, 9.17) is 22.1 Å². The highest BCUT2D eigenvalue weighted by molar-refractivity contribution is 6.32. The first-order valence-electron chi connectivity index (χ1n) is 6.88. The Kier molecular flexibility index (Phi) is 9.41. The minimum absolute atomic E-state index is 0. The zero-order valence-corrected chi connectivity index (χ0v) is 14.6. The maximum Gasteiger partial charge on any atom is 0.260 e. The van der Waals surface area contributed by atoms with E-state index in [0.29, 0.717) is 18.2 Å². The molecule has 1 aromatic rings. The number of carbonyl (C=O) groups excluding carboxylic acids is 1. The number of halogens is 3. The third kappa shape index (κ3) is 6.81. The van der Waals surface area contributed by atoms with Gasteiger partial charge in [-0.05, 0) is 30.5 Å². The number of benzene rings is 1. The molecule has 0 aliphatic rings. The monoisotopic (exact) mass is 352 g/mol. The number of ether oxygens (including phenoxy) is 1. The van der Waals surface area contributed by atoms with Crippen LogP contribution in [0.15, 0.2) is 18.2 Å². The smallest absolute Gasteiger partial charge is 0.260 e. The van der Waals surface area contributed by atoms with Gasteiger partial charge in [-0.15, -0.1) is 12.4 Å². The molecule has 1 aromatic carbocycles. The molecule has 1 amide bonds. The number of hydrogen-bond acceptors (Lipinski definition) is 3. The van der Waals surface area contributed by atoms with Crippen LogP contribution in [0.5, 0.6) is 5.75 Å². The predicted octanol–water partition coefficient (Wildman–Crippen LogP) is 3.11. The number of nitrogens with zero attached hydrogens (tertiary/aromatic N) is 1. The van der Waals surface area contributed by atoms with Crippen LogP contribution in [0.3, 0.4) is 0 Å². The quantitative estimate of drug-likeness (QED) is 0.820. The lowest BCUT2D eigenvalue weighted by Gasteiger charge is -2.21. The van der Waals surface area contributed by atoms with Crippen molar-refractivity contribution in [2.75, 3.05) is 20.2 Å². The largest absolute Gasteiger partial charge is 0.482 e. The molecule has 7 heteroatoms. The van der Waals surface area contributed by atoms with Gasteiger partial charge in [0.1, 0.15) is 11.6 Å². The van der Waals surface area contributed by atoms with Gasteiger partial charge in [-0.25, -0.2) is 4.39 Å². The highest BCUT2D eigenvalue weighted by Gasteiger charge is 2.14. The Balaban J connectivity index is 0.00000441. The summed E-state index contributed by atoms with van der Waals surface area (Å²) in [5.74, 6) is 0.0475. The van der Waals surface area contributed by atoms with Crippen LogP contribution in [0, 0.1) is 11.7 Å². The minimum atomic E-state index is -0.446. The van der Waals surface area contributed by atoms with E-state index in [1.54, 1.807) is 11.9 Å². The van der Waals surface area contributed by atoms with E-state index in [9.17, 15) is 9.18 Å². The molecule has 1 unspecified atom stereocenters. The Hall–Kier alpha value is -1.04. The maximum atomic E-state index is 12.9. The van der Waals surface area contributed by atoms with Gasteiger partial charge in [0.15, 0.2) is 6.61 Å². The molecule has 0 bridgehead atoms. The molecular weight excluding hydrogens is 330 g/mol. The molecule has 2 N–H and O–H groups in total. The lowest BCUT2D eigenvalue weighted by molar-refractivity contribution is -0.132. The molecule has 0 saturated carbocycles. The van der Waals surface area contributed by atoms with E-state index in [0.717, 1.165) is 12.5 Å². The van der Waals surface area contributed by atoms with Gasteiger partial charge in [-0.1, -0.05) is 25.4 Å². The average Bonchev–Trinajstić information content (AvgIpc) is 2.42. The Morgan fingerprint density at radius 3 is 2.64 bits per heavy atom. The SMILES string of the molecule is CC(C)C(N)CCN(C)C(=O)COc1ccc(F)cc1Cl.Cl. The molecule has 1 atom stereocenters. The van der Waals surface area contributed by atoms with Crippen molar-refractivity contribution in [2.45, 2.75) is 26.3 Å². The molecule has 0 radical (unpaired) electrons. The van der Waals surface area contributed by atoms with E-state index < -0.39 is 5.82 Å². The number of amides is 1. The average molecular weight is 353 g/mol. The van der Waals surface area contributed by atoms with Gasteiger partial charge < -0.3 is 15.4 Å². The first-order chi connectivity index (χ1) is 9.81. The summed E-state index contributed by atoms with van der Waals surface area (Å²) in [6, 6.07) is 3.84. The minimum Gasteiger partial charge on any atom is -0.482 e. The summed E-state index contributed by atoms with van der Waals surface area (Å²) in [5.41, 5.74) is 5.94. The Bertz CT molecular complexity index is 487. The Labute approximate surface area is 142 Å². The maximum absolute atomic E-state index is 12.9. The molecule has 126 valence electrons. The van der Waals surface area contributed by atoms with E-state index in [1.165, 1.54) is 12.1 Å². The molecule has 0 heterocycles. The molecule has 4 nitrogen and oxygen atoms in total. The third-order valence-corrected chi connectivity index (χ3v) is 3.62. The first kappa shape index (κ1) is 21.0. The second-order valence-electron chi connectivity index (χ2n) is 5.38. The highest BCUT2D eigenvalue weighted by Crippen LogP contribution is 2.24. The van der Waals surface area contributed by atoms with Crippen molar-refractivity contribution in [1.29, 1.82) is 0 Å². The van der Waals surface area contributed by atoms with Crippen LogP contribution >= 0.6 is 24.0 Å². The van der Waals surface area contributed by atoms with Crippen molar-refractivity contribution in [3.63, 3.8) is 0 Å². The van der Waals surface area contributed by atoms with Crippen LogP contribution in [0.1, 0.15) is 20.3 Å². The van der Waals surface area contributed by atoms with Gasteiger partial charge in [0.05, 0.1) is 5.02 Å². The number of nitrogens with two attached hydrogens (primary N) is 1. The number of rotatable bonds is 7. The van der Waals surface area contributed by atoms with Crippen molar-refractivity contribution >= 4 is 29.9 Å². The van der Waals surface area contributed by atoms with Gasteiger partial charge in [-0.2, -0.15) is 0 Å². The van der Waals surface area contributed by atoms with E-state index in [-0.39, 0.29) is 36.0 Å². The molecular formula is C15H23Cl2FN2O2. The van der Waals surface area contributed by atoms with Gasteiger partial charge in [0.2, 0.25) is 0 Å². The lowest BCUT2D eigenvalue weighted by Crippen LogP contribution is -2.36. The summed E-state index contributed by atoms with van der Waals surface area (Å²) >= 11 is 5.82. The van der Waals surface area contributed by atoms with Crippen molar-refractivity contribution in [2.24, 2.45) is 11.7 Å². The topological polar surface area (TPSA) is 55.6 Å². The second-order valence-corrected chi connectivity index (χ2v) is 5.78. The molecule has 0 aliphatic carbocycles. The van der Waals surface area contributed by atoms with Crippen LogP contribution in [0.4, 0.5) is 4.39 Å². The highest BCUT2D eigenvalue weighted by atomic mass is 35.5. The molecule has 0 saturated heterocycles. The fourth-order valence-electron chi connectivity index (χ4n) is 1.64. The fraction of sp³-hybridized carbons (Fsp3) is 0.533. The zero-order chi connectivity index (χ0) is 16.0. The summed E-state index contributed by atoms with van der Waals surface area (Å²) in [6.07, 6.45) is 0.733. The fourth-order valence-corrected chi connectivity index (χ4v) is 1.86. The second kappa shape index (κ2) is 9.87. The van der Waals surface area contributed by atoms with Crippen LogP contribution in [0.25, 0.3) is 0 Å². The Morgan fingerprint density at radius 2 is 2.09 bits per heavy atom. The summed E-state index contributed by atoms with van der Waals surface area (Å²) in [7, 11) is 1.70. The van der Waals surface area contributed by atoms with Crippen LogP contribution in [-0.4, -0.2) is 37.0 Å². The van der Waals surface area contributed by atoms with Crippen molar-refractivity contribution in [3.05, 3.63) is 29.0 Å². The molecule has 0 aliphatic heterocycles. The normalized spacial score (nSPS) is 11.8. The Morgan fingerprint density at radius 1 is 1.45 bits per heavy atom. The van der Waals surface area contributed by atoms with Gasteiger partial charge in [-0.3, -0.25) is 4.79 Å². The summed E-state index contributed by atoms with van der Waals surface area (Å²) < 4.78 is 18.2.